The van der Waals surface area contributed by atoms with Crippen molar-refractivity contribution in [3.63, 3.8) is 0 Å². The zero-order valence-corrected chi connectivity index (χ0v) is 20.3. The smallest absolute Gasteiger partial charge is 0.273 e. The van der Waals surface area contributed by atoms with Crippen LogP contribution in [-0.4, -0.2) is 49.9 Å². The second-order valence-electron chi connectivity index (χ2n) is 8.31. The molecule has 0 aliphatic rings. The van der Waals surface area contributed by atoms with Gasteiger partial charge in [-0.05, 0) is 24.4 Å². The lowest BCUT2D eigenvalue weighted by atomic mass is 10.1. The van der Waals surface area contributed by atoms with Gasteiger partial charge in [0.1, 0.15) is 11.2 Å². The monoisotopic (exact) mass is 459 g/mol. The Labute approximate surface area is 187 Å². The molecule has 0 saturated carbocycles. The van der Waals surface area contributed by atoms with E-state index < -0.39 is 30.8 Å². The molecule has 164 valence electrons. The number of ether oxygens (including phenoxy) is 2. The number of nitriles is 1. The number of hydrogen-bond acceptors (Lipinski definition) is 6. The molecular formula is C22H26FN3O3SSi. The fraction of sp³-hybridized carbons (Fsp3) is 0.409. The van der Waals surface area contributed by atoms with E-state index in [4.69, 9.17) is 15.9 Å². The number of rotatable bonds is 8. The highest BCUT2D eigenvalue weighted by Gasteiger charge is 2.31. The van der Waals surface area contributed by atoms with E-state index in [1.807, 2.05) is 12.1 Å². The van der Waals surface area contributed by atoms with Crippen molar-refractivity contribution in [3.8, 4) is 24.2 Å². The first-order valence-corrected chi connectivity index (χ1v) is 14.3. The first kappa shape index (κ1) is 24.7. The Morgan fingerprint density at radius 3 is 2.61 bits per heavy atom. The molecule has 2 atom stereocenters. The van der Waals surface area contributed by atoms with Gasteiger partial charge >= 0.3 is 0 Å². The van der Waals surface area contributed by atoms with Crippen LogP contribution in [0.2, 0.25) is 19.6 Å². The molecule has 0 bridgehead atoms. The van der Waals surface area contributed by atoms with Crippen LogP contribution in [0.25, 0.3) is 10.9 Å². The van der Waals surface area contributed by atoms with E-state index in [-0.39, 0.29) is 12.4 Å². The summed E-state index contributed by atoms with van der Waals surface area (Å²) in [5.41, 5.74) is -1.35. The molecule has 6 nitrogen and oxygen atoms in total. The maximum absolute atomic E-state index is 14.8. The number of hydrogen-bond donors (Lipinski definition) is 1. The van der Waals surface area contributed by atoms with Gasteiger partial charge in [-0.25, -0.2) is 9.37 Å². The van der Waals surface area contributed by atoms with Crippen LogP contribution in [0.5, 0.6) is 5.75 Å². The minimum absolute atomic E-state index is 0.00330. The Hall–Kier alpha value is -2.59. The third-order valence-electron chi connectivity index (χ3n) is 4.55. The SMILES string of the molecule is C#Cc1nc2cc(F)c(OC(SC)C(=O)NC(C)(C#N)COC)cc2cc1[Si](C)(C)C. The Bertz CT molecular complexity index is 1070. The summed E-state index contributed by atoms with van der Waals surface area (Å²) in [5, 5.41) is 13.6. The van der Waals surface area contributed by atoms with Crippen LogP contribution < -0.4 is 15.2 Å². The molecule has 1 aromatic heterocycles. The number of benzene rings is 1. The average Bonchev–Trinajstić information content (AvgIpc) is 2.70. The van der Waals surface area contributed by atoms with E-state index in [0.29, 0.717) is 16.6 Å². The average molecular weight is 460 g/mol. The summed E-state index contributed by atoms with van der Waals surface area (Å²) in [6.45, 7) is 7.99. The number of pyridine rings is 1. The van der Waals surface area contributed by atoms with E-state index in [9.17, 15) is 14.4 Å². The Morgan fingerprint density at radius 2 is 2.10 bits per heavy atom. The predicted octanol–water partition coefficient (Wildman–Crippen LogP) is 3.01. The van der Waals surface area contributed by atoms with Crippen molar-refractivity contribution in [1.29, 1.82) is 5.26 Å². The Balaban J connectivity index is 2.41. The molecule has 2 unspecified atom stereocenters. The molecule has 0 aliphatic heterocycles. The normalized spacial score (nSPS) is 14.2. The topological polar surface area (TPSA) is 84.2 Å². The van der Waals surface area contributed by atoms with Crippen LogP contribution in [0.1, 0.15) is 12.6 Å². The van der Waals surface area contributed by atoms with Crippen molar-refractivity contribution >= 4 is 41.8 Å². The van der Waals surface area contributed by atoms with Gasteiger partial charge in [-0.15, -0.1) is 18.2 Å². The quantitative estimate of drug-likeness (QED) is 0.371. The van der Waals surface area contributed by atoms with Crippen molar-refractivity contribution in [2.75, 3.05) is 20.0 Å². The maximum atomic E-state index is 14.8. The molecule has 2 rings (SSSR count). The molecule has 1 aromatic carbocycles. The number of methoxy groups -OCH3 is 1. The molecule has 2 aromatic rings. The largest absolute Gasteiger partial charge is 0.467 e. The van der Waals surface area contributed by atoms with Crippen LogP contribution in [0.4, 0.5) is 4.39 Å². The number of fused-ring (bicyclic) bond motifs is 1. The number of amides is 1. The predicted molar refractivity (Wildman–Crippen MR) is 125 cm³/mol. The lowest BCUT2D eigenvalue weighted by molar-refractivity contribution is -0.126. The molecule has 9 heteroatoms. The van der Waals surface area contributed by atoms with Gasteiger partial charge in [-0.3, -0.25) is 4.79 Å². The Morgan fingerprint density at radius 1 is 1.42 bits per heavy atom. The molecule has 0 spiro atoms. The number of terminal acetylenes is 1. The van der Waals surface area contributed by atoms with Gasteiger partial charge in [0, 0.05) is 18.6 Å². The minimum Gasteiger partial charge on any atom is -0.467 e. The summed E-state index contributed by atoms with van der Waals surface area (Å²) in [6, 6.07) is 6.70. The summed E-state index contributed by atoms with van der Waals surface area (Å²) in [6.07, 6.45) is 7.28. The van der Waals surface area contributed by atoms with E-state index >= 15 is 0 Å². The molecule has 0 radical (unpaired) electrons. The third-order valence-corrected chi connectivity index (χ3v) is 7.29. The van der Waals surface area contributed by atoms with Crippen molar-refractivity contribution in [2.24, 2.45) is 0 Å². The number of halogens is 1. The second-order valence-corrected chi connectivity index (χ2v) is 14.2. The highest BCUT2D eigenvalue weighted by atomic mass is 32.2. The van der Waals surface area contributed by atoms with Gasteiger partial charge in [0.25, 0.3) is 5.91 Å². The number of aromatic nitrogens is 1. The summed E-state index contributed by atoms with van der Waals surface area (Å²) in [5.74, 6) is 1.30. The van der Waals surface area contributed by atoms with Gasteiger partial charge < -0.3 is 14.8 Å². The molecule has 1 amide bonds. The molecular weight excluding hydrogens is 433 g/mol. The number of thioether (sulfide) groups is 1. The fourth-order valence-corrected chi connectivity index (χ4v) is 4.89. The second kappa shape index (κ2) is 9.69. The summed E-state index contributed by atoms with van der Waals surface area (Å²) >= 11 is 1.08. The van der Waals surface area contributed by atoms with Crippen LogP contribution in [0.3, 0.4) is 0 Å². The summed E-state index contributed by atoms with van der Waals surface area (Å²) < 4.78 is 25.4. The molecule has 31 heavy (non-hydrogen) atoms. The maximum Gasteiger partial charge on any atom is 0.273 e. The number of carbonyl (C=O) groups excluding carboxylic acids is 1. The zero-order valence-electron chi connectivity index (χ0n) is 18.5. The van der Waals surface area contributed by atoms with Gasteiger partial charge in [-0.1, -0.05) is 31.6 Å². The standard InChI is InChI=1S/C22H26FN3O3SSi/c1-8-16-19(31(5,6)7)10-14-9-18(15(23)11-17(14)25-16)29-21(30-4)20(27)26-22(2,12-24)13-28-3/h1,9-11,21H,13H2,2-7H3,(H,26,27). The van der Waals surface area contributed by atoms with E-state index in [1.165, 1.54) is 26.2 Å². The number of carbonyl (C=O) groups is 1. The van der Waals surface area contributed by atoms with Gasteiger partial charge in [0.2, 0.25) is 5.44 Å². The number of nitrogens with zero attached hydrogens (tertiary/aromatic N) is 2. The minimum atomic E-state index is -1.79. The van der Waals surface area contributed by atoms with Crippen LogP contribution in [0.15, 0.2) is 18.2 Å². The highest BCUT2D eigenvalue weighted by Crippen LogP contribution is 2.27. The molecule has 0 saturated heterocycles. The molecule has 1 heterocycles. The van der Waals surface area contributed by atoms with E-state index in [0.717, 1.165) is 16.9 Å². The van der Waals surface area contributed by atoms with Crippen molar-refractivity contribution < 1.29 is 18.7 Å². The van der Waals surface area contributed by atoms with Gasteiger partial charge in [0.05, 0.1) is 26.3 Å². The van der Waals surface area contributed by atoms with Crippen LogP contribution in [0, 0.1) is 29.5 Å². The van der Waals surface area contributed by atoms with Gasteiger partial charge in [0.15, 0.2) is 11.6 Å². The van der Waals surface area contributed by atoms with E-state index in [2.05, 4.69) is 35.9 Å². The fourth-order valence-electron chi connectivity index (χ4n) is 2.99. The molecule has 0 aliphatic carbocycles. The lowest BCUT2D eigenvalue weighted by Crippen LogP contribution is -2.52. The molecule has 0 fully saturated rings. The first-order chi connectivity index (χ1) is 14.5. The van der Waals surface area contributed by atoms with E-state index in [1.54, 1.807) is 6.26 Å². The lowest BCUT2D eigenvalue weighted by Gasteiger charge is -2.25. The Kier molecular flexibility index (Phi) is 7.71. The zero-order chi connectivity index (χ0) is 23.4. The highest BCUT2D eigenvalue weighted by molar-refractivity contribution is 7.99. The summed E-state index contributed by atoms with van der Waals surface area (Å²) in [4.78, 5) is 17.1. The first-order valence-electron chi connectivity index (χ1n) is 9.51. The number of nitrogens with one attached hydrogen (secondary N) is 1. The summed E-state index contributed by atoms with van der Waals surface area (Å²) in [7, 11) is -0.359. The van der Waals surface area contributed by atoms with Crippen molar-refractivity contribution in [1.82, 2.24) is 10.3 Å². The molecule has 1 N–H and O–H groups in total. The van der Waals surface area contributed by atoms with Crippen LogP contribution in [-0.2, 0) is 9.53 Å². The van der Waals surface area contributed by atoms with Crippen molar-refractivity contribution in [3.05, 3.63) is 29.7 Å². The van der Waals surface area contributed by atoms with Crippen LogP contribution >= 0.6 is 11.8 Å². The van der Waals surface area contributed by atoms with Crippen molar-refractivity contribution in [2.45, 2.75) is 37.5 Å². The van der Waals surface area contributed by atoms with Gasteiger partial charge in [-0.2, -0.15) is 5.26 Å². The third kappa shape index (κ3) is 5.76.